The SMILES string of the molecule is NCCC(=O)NCCNC(=O)CI. The summed E-state index contributed by atoms with van der Waals surface area (Å²) in [7, 11) is 0. The minimum Gasteiger partial charge on any atom is -0.354 e. The number of rotatable bonds is 6. The molecule has 0 heterocycles. The fourth-order valence-corrected chi connectivity index (χ4v) is 0.940. The van der Waals surface area contributed by atoms with E-state index < -0.39 is 0 Å². The largest absolute Gasteiger partial charge is 0.354 e. The van der Waals surface area contributed by atoms with Crippen LogP contribution >= 0.6 is 22.6 Å². The Morgan fingerprint density at radius 1 is 1.15 bits per heavy atom. The van der Waals surface area contributed by atoms with Gasteiger partial charge in [0.05, 0.1) is 4.43 Å². The number of hydrogen-bond donors (Lipinski definition) is 3. The highest BCUT2D eigenvalue weighted by atomic mass is 127. The molecule has 76 valence electrons. The van der Waals surface area contributed by atoms with E-state index in [9.17, 15) is 9.59 Å². The van der Waals surface area contributed by atoms with Gasteiger partial charge in [-0.3, -0.25) is 9.59 Å². The lowest BCUT2D eigenvalue weighted by atomic mass is 10.4. The number of halogens is 1. The molecule has 0 fully saturated rings. The van der Waals surface area contributed by atoms with Gasteiger partial charge in [-0.05, 0) is 0 Å². The van der Waals surface area contributed by atoms with Crippen LogP contribution in [0.15, 0.2) is 0 Å². The van der Waals surface area contributed by atoms with Crippen LogP contribution in [0.3, 0.4) is 0 Å². The van der Waals surface area contributed by atoms with Gasteiger partial charge in [-0.15, -0.1) is 0 Å². The van der Waals surface area contributed by atoms with Crippen molar-refractivity contribution in [1.82, 2.24) is 10.6 Å². The van der Waals surface area contributed by atoms with Gasteiger partial charge in [-0.2, -0.15) is 0 Å². The maximum atomic E-state index is 10.9. The molecule has 0 radical (unpaired) electrons. The molecule has 6 heteroatoms. The molecule has 0 aromatic heterocycles. The van der Waals surface area contributed by atoms with E-state index in [2.05, 4.69) is 10.6 Å². The van der Waals surface area contributed by atoms with Gasteiger partial charge in [0.1, 0.15) is 0 Å². The molecule has 4 N–H and O–H groups in total. The van der Waals surface area contributed by atoms with Crippen molar-refractivity contribution >= 4 is 34.4 Å². The van der Waals surface area contributed by atoms with Gasteiger partial charge in [0.25, 0.3) is 0 Å². The molecule has 0 unspecified atom stereocenters. The van der Waals surface area contributed by atoms with E-state index in [1.807, 2.05) is 22.6 Å². The zero-order chi connectivity index (χ0) is 10.1. The number of carbonyl (C=O) groups excluding carboxylic acids is 2. The molecule has 0 spiro atoms. The Hall–Kier alpha value is -0.370. The Morgan fingerprint density at radius 2 is 1.69 bits per heavy atom. The Bertz CT molecular complexity index is 175. The molecular weight excluding hydrogens is 285 g/mol. The second kappa shape index (κ2) is 8.24. The zero-order valence-electron chi connectivity index (χ0n) is 7.31. The first kappa shape index (κ1) is 12.6. The van der Waals surface area contributed by atoms with Crippen molar-refractivity contribution in [3.8, 4) is 0 Å². The van der Waals surface area contributed by atoms with Gasteiger partial charge >= 0.3 is 0 Å². The lowest BCUT2D eigenvalue weighted by molar-refractivity contribution is -0.121. The average molecular weight is 299 g/mol. The van der Waals surface area contributed by atoms with Crippen LogP contribution in [-0.2, 0) is 9.59 Å². The molecule has 0 aromatic carbocycles. The lowest BCUT2D eigenvalue weighted by Crippen LogP contribution is -2.35. The molecule has 0 bridgehead atoms. The topological polar surface area (TPSA) is 84.2 Å². The van der Waals surface area contributed by atoms with Gasteiger partial charge < -0.3 is 16.4 Å². The third-order valence-corrected chi connectivity index (χ3v) is 1.95. The Kier molecular flexibility index (Phi) is 8.00. The zero-order valence-corrected chi connectivity index (χ0v) is 9.46. The average Bonchev–Trinajstić information content (AvgIpc) is 2.12. The van der Waals surface area contributed by atoms with Gasteiger partial charge in [0.2, 0.25) is 11.8 Å². The van der Waals surface area contributed by atoms with E-state index in [1.54, 1.807) is 0 Å². The molecule has 0 saturated carbocycles. The molecule has 13 heavy (non-hydrogen) atoms. The van der Waals surface area contributed by atoms with E-state index in [-0.39, 0.29) is 11.8 Å². The second-order valence-corrected chi connectivity index (χ2v) is 3.14. The number of alkyl halides is 1. The summed E-state index contributed by atoms with van der Waals surface area (Å²) in [6.07, 6.45) is 0.334. The van der Waals surface area contributed by atoms with Gasteiger partial charge in [-0.25, -0.2) is 0 Å². The maximum Gasteiger partial charge on any atom is 0.229 e. The number of hydrogen-bond acceptors (Lipinski definition) is 3. The first-order valence-electron chi connectivity index (χ1n) is 4.00. The summed E-state index contributed by atoms with van der Waals surface area (Å²) in [5, 5.41) is 5.26. The third kappa shape index (κ3) is 7.97. The minimum atomic E-state index is -0.0776. The van der Waals surface area contributed by atoms with Crippen molar-refractivity contribution in [2.75, 3.05) is 24.1 Å². The summed E-state index contributed by atoms with van der Waals surface area (Å²) in [6, 6.07) is 0. The molecule has 5 nitrogen and oxygen atoms in total. The molecular formula is C7H14IN3O2. The van der Waals surface area contributed by atoms with Gasteiger partial charge in [-0.1, -0.05) is 22.6 Å². The fourth-order valence-electron chi connectivity index (χ4n) is 0.671. The van der Waals surface area contributed by atoms with Gasteiger partial charge in [0.15, 0.2) is 0 Å². The quantitative estimate of drug-likeness (QED) is 0.334. The van der Waals surface area contributed by atoms with Crippen LogP contribution in [0.4, 0.5) is 0 Å². The fraction of sp³-hybridized carbons (Fsp3) is 0.714. The van der Waals surface area contributed by atoms with E-state index in [4.69, 9.17) is 5.73 Å². The number of amides is 2. The number of nitrogens with one attached hydrogen (secondary N) is 2. The molecule has 0 aliphatic carbocycles. The van der Waals surface area contributed by atoms with Gasteiger partial charge in [0, 0.05) is 26.1 Å². The monoisotopic (exact) mass is 299 g/mol. The predicted molar refractivity (Wildman–Crippen MR) is 58.6 cm³/mol. The Morgan fingerprint density at radius 3 is 2.15 bits per heavy atom. The summed E-state index contributed by atoms with van der Waals surface area (Å²) in [5.41, 5.74) is 5.17. The molecule has 0 rings (SSSR count). The van der Waals surface area contributed by atoms with Crippen molar-refractivity contribution in [1.29, 1.82) is 0 Å². The van der Waals surface area contributed by atoms with Crippen LogP contribution < -0.4 is 16.4 Å². The van der Waals surface area contributed by atoms with E-state index in [1.165, 1.54) is 0 Å². The summed E-state index contributed by atoms with van der Waals surface area (Å²) < 4.78 is 0.439. The third-order valence-electron chi connectivity index (χ3n) is 1.26. The molecule has 0 aromatic rings. The van der Waals surface area contributed by atoms with E-state index >= 15 is 0 Å². The first-order chi connectivity index (χ1) is 6.20. The standard InChI is InChI=1S/C7H14IN3O2/c8-5-7(13)11-4-3-10-6(12)1-2-9/h1-5,9H2,(H,10,12)(H,11,13). The first-order valence-corrected chi connectivity index (χ1v) is 5.52. The second-order valence-electron chi connectivity index (χ2n) is 2.37. The smallest absolute Gasteiger partial charge is 0.229 e. The molecule has 2 amide bonds. The number of carbonyl (C=O) groups is 2. The van der Waals surface area contributed by atoms with Crippen LogP contribution in [-0.4, -0.2) is 35.9 Å². The molecule has 0 aliphatic rings. The minimum absolute atomic E-state index is 0.0197. The maximum absolute atomic E-state index is 10.9. The highest BCUT2D eigenvalue weighted by Gasteiger charge is 1.99. The highest BCUT2D eigenvalue weighted by molar-refractivity contribution is 14.1. The van der Waals surface area contributed by atoms with Crippen molar-refractivity contribution in [3.63, 3.8) is 0 Å². The molecule has 0 aliphatic heterocycles. The summed E-state index contributed by atoms with van der Waals surface area (Å²) >= 11 is 1.98. The highest BCUT2D eigenvalue weighted by Crippen LogP contribution is 1.78. The molecule has 0 saturated heterocycles. The predicted octanol–water partition coefficient (Wildman–Crippen LogP) is -0.997. The van der Waals surface area contributed by atoms with Crippen LogP contribution in [0.2, 0.25) is 0 Å². The Labute approximate surface area is 91.0 Å². The Balaban J connectivity index is 3.25. The van der Waals surface area contributed by atoms with Crippen molar-refractivity contribution in [2.45, 2.75) is 6.42 Å². The van der Waals surface area contributed by atoms with Crippen LogP contribution in [0.5, 0.6) is 0 Å². The van der Waals surface area contributed by atoms with Crippen molar-refractivity contribution in [3.05, 3.63) is 0 Å². The van der Waals surface area contributed by atoms with Crippen LogP contribution in [0.1, 0.15) is 6.42 Å². The van der Waals surface area contributed by atoms with Crippen molar-refractivity contribution < 1.29 is 9.59 Å². The number of nitrogens with two attached hydrogens (primary N) is 1. The summed E-state index contributed by atoms with van der Waals surface area (Å²) in [5.74, 6) is -0.0973. The lowest BCUT2D eigenvalue weighted by Gasteiger charge is -2.04. The van der Waals surface area contributed by atoms with Crippen LogP contribution in [0, 0.1) is 0 Å². The van der Waals surface area contributed by atoms with E-state index in [0.717, 1.165) is 0 Å². The van der Waals surface area contributed by atoms with E-state index in [0.29, 0.717) is 30.5 Å². The normalized spacial score (nSPS) is 9.38. The van der Waals surface area contributed by atoms with Crippen LogP contribution in [0.25, 0.3) is 0 Å². The molecule has 0 atom stereocenters. The van der Waals surface area contributed by atoms with Crippen molar-refractivity contribution in [2.24, 2.45) is 5.73 Å². The summed E-state index contributed by atoms with van der Waals surface area (Å²) in [6.45, 7) is 1.28. The summed E-state index contributed by atoms with van der Waals surface area (Å²) in [4.78, 5) is 21.6.